The minimum absolute atomic E-state index is 0.00675. The molecule has 1 heterocycles. The number of hydrogen-bond acceptors (Lipinski definition) is 3. The topological polar surface area (TPSA) is 66.5 Å². The zero-order chi connectivity index (χ0) is 21.9. The Balaban J connectivity index is 1.48. The lowest BCUT2D eigenvalue weighted by Crippen LogP contribution is -2.51. The lowest BCUT2D eigenvalue weighted by atomic mass is 9.69. The zero-order valence-electron chi connectivity index (χ0n) is 18.4. The van der Waals surface area contributed by atoms with E-state index < -0.39 is 10.0 Å². The lowest BCUT2D eigenvalue weighted by molar-refractivity contribution is -0.127. The number of hydrogen-bond donors (Lipinski definition) is 1. The fourth-order valence-electron chi connectivity index (χ4n) is 6.09. The molecule has 7 heteroatoms. The SMILES string of the molecule is Cc1c(Cl)cccc1S(=O)(=O)N1CCC[C@H](C(=O)N[C@H]2C[C@@H]3CC[C@@]2(C)C3(C)C)C1. The Kier molecular flexibility index (Phi) is 5.52. The van der Waals surface area contributed by atoms with Crippen molar-refractivity contribution in [3.63, 3.8) is 0 Å². The summed E-state index contributed by atoms with van der Waals surface area (Å²) < 4.78 is 28.0. The first-order valence-corrected chi connectivity index (χ1v) is 12.9. The van der Waals surface area contributed by atoms with Gasteiger partial charge in [-0.15, -0.1) is 0 Å². The number of benzene rings is 1. The van der Waals surface area contributed by atoms with Crippen LogP contribution in [-0.4, -0.2) is 37.8 Å². The highest BCUT2D eigenvalue weighted by atomic mass is 35.5. The van der Waals surface area contributed by atoms with Gasteiger partial charge < -0.3 is 5.32 Å². The number of nitrogens with zero attached hydrogens (tertiary/aromatic N) is 1. The molecule has 2 bridgehead atoms. The molecule has 1 aromatic rings. The molecule has 30 heavy (non-hydrogen) atoms. The second-order valence-corrected chi connectivity index (χ2v) is 12.6. The van der Waals surface area contributed by atoms with Gasteiger partial charge in [0.15, 0.2) is 0 Å². The molecule has 0 unspecified atom stereocenters. The highest BCUT2D eigenvalue weighted by Crippen LogP contribution is 2.65. The minimum Gasteiger partial charge on any atom is -0.353 e. The third-order valence-electron chi connectivity index (χ3n) is 8.70. The molecule has 0 aromatic heterocycles. The third kappa shape index (κ3) is 3.30. The van der Waals surface area contributed by atoms with Crippen molar-refractivity contribution in [2.45, 2.75) is 70.7 Å². The molecule has 166 valence electrons. The van der Waals surface area contributed by atoms with Gasteiger partial charge in [-0.05, 0) is 73.5 Å². The summed E-state index contributed by atoms with van der Waals surface area (Å²) in [4.78, 5) is 13.4. The second-order valence-electron chi connectivity index (χ2n) is 10.2. The average Bonchev–Trinajstić information content (AvgIpc) is 3.03. The number of halogens is 1. The van der Waals surface area contributed by atoms with Gasteiger partial charge in [-0.25, -0.2) is 8.42 Å². The van der Waals surface area contributed by atoms with E-state index in [1.807, 2.05) is 0 Å². The van der Waals surface area contributed by atoms with E-state index in [1.54, 1.807) is 25.1 Å². The normalized spacial score (nSPS) is 33.6. The van der Waals surface area contributed by atoms with Gasteiger partial charge in [0.2, 0.25) is 15.9 Å². The number of rotatable bonds is 4. The molecule has 4 rings (SSSR count). The first-order chi connectivity index (χ1) is 14.0. The molecule has 1 N–H and O–H groups in total. The van der Waals surface area contributed by atoms with Crippen molar-refractivity contribution in [2.24, 2.45) is 22.7 Å². The van der Waals surface area contributed by atoms with Gasteiger partial charge in [-0.2, -0.15) is 4.31 Å². The van der Waals surface area contributed by atoms with Crippen molar-refractivity contribution in [3.8, 4) is 0 Å². The zero-order valence-corrected chi connectivity index (χ0v) is 19.9. The molecule has 2 saturated carbocycles. The maximum Gasteiger partial charge on any atom is 0.243 e. The number of sulfonamides is 1. The van der Waals surface area contributed by atoms with Crippen molar-refractivity contribution >= 4 is 27.5 Å². The molecule has 3 fully saturated rings. The molecule has 0 spiro atoms. The van der Waals surface area contributed by atoms with Crippen LogP contribution in [0.5, 0.6) is 0 Å². The number of carbonyl (C=O) groups is 1. The summed E-state index contributed by atoms with van der Waals surface area (Å²) >= 11 is 6.15. The Labute approximate surface area is 185 Å². The van der Waals surface area contributed by atoms with Gasteiger partial charge in [0, 0.05) is 24.2 Å². The van der Waals surface area contributed by atoms with Crippen LogP contribution in [0, 0.1) is 29.6 Å². The molecule has 1 saturated heterocycles. The van der Waals surface area contributed by atoms with Crippen molar-refractivity contribution in [3.05, 3.63) is 28.8 Å². The van der Waals surface area contributed by atoms with Crippen molar-refractivity contribution in [1.82, 2.24) is 9.62 Å². The van der Waals surface area contributed by atoms with Crippen LogP contribution < -0.4 is 5.32 Å². The molecule has 1 aromatic carbocycles. The van der Waals surface area contributed by atoms with Crippen LogP contribution >= 0.6 is 11.6 Å². The molecular formula is C23H33ClN2O3S. The predicted molar refractivity (Wildman–Crippen MR) is 119 cm³/mol. The molecular weight excluding hydrogens is 420 g/mol. The van der Waals surface area contributed by atoms with E-state index >= 15 is 0 Å². The largest absolute Gasteiger partial charge is 0.353 e. The van der Waals surface area contributed by atoms with E-state index in [0.717, 1.165) is 19.3 Å². The van der Waals surface area contributed by atoms with Crippen molar-refractivity contribution in [2.75, 3.05) is 13.1 Å². The van der Waals surface area contributed by atoms with E-state index in [0.29, 0.717) is 29.5 Å². The van der Waals surface area contributed by atoms with Crippen LogP contribution in [-0.2, 0) is 14.8 Å². The summed E-state index contributed by atoms with van der Waals surface area (Å²) in [5.74, 6) is 0.355. The van der Waals surface area contributed by atoms with Gasteiger partial charge in [0.1, 0.15) is 0 Å². The van der Waals surface area contributed by atoms with E-state index in [4.69, 9.17) is 11.6 Å². The van der Waals surface area contributed by atoms with Gasteiger partial charge in [-0.3, -0.25) is 4.79 Å². The van der Waals surface area contributed by atoms with Crippen LogP contribution in [0.2, 0.25) is 5.02 Å². The Hall–Kier alpha value is -1.11. The molecule has 4 atom stereocenters. The van der Waals surface area contributed by atoms with E-state index in [9.17, 15) is 13.2 Å². The summed E-state index contributed by atoms with van der Waals surface area (Å²) in [7, 11) is -3.68. The van der Waals surface area contributed by atoms with Crippen LogP contribution in [0.15, 0.2) is 23.1 Å². The smallest absolute Gasteiger partial charge is 0.243 e. The number of nitrogens with one attached hydrogen (secondary N) is 1. The monoisotopic (exact) mass is 452 g/mol. The first-order valence-electron chi connectivity index (χ1n) is 11.0. The van der Waals surface area contributed by atoms with Crippen LogP contribution in [0.25, 0.3) is 0 Å². The molecule has 1 aliphatic heterocycles. The van der Waals surface area contributed by atoms with Crippen LogP contribution in [0.1, 0.15) is 58.4 Å². The first kappa shape index (κ1) is 22.1. The summed E-state index contributed by atoms with van der Waals surface area (Å²) in [6.45, 7) is 9.37. The number of fused-ring (bicyclic) bond motifs is 2. The fourth-order valence-corrected chi connectivity index (χ4v) is 8.09. The van der Waals surface area contributed by atoms with Crippen molar-refractivity contribution < 1.29 is 13.2 Å². The maximum atomic E-state index is 13.2. The molecule has 2 aliphatic carbocycles. The Bertz CT molecular complexity index is 961. The predicted octanol–water partition coefficient (Wildman–Crippen LogP) is 4.38. The quantitative estimate of drug-likeness (QED) is 0.737. The van der Waals surface area contributed by atoms with E-state index in [1.165, 1.54) is 10.7 Å². The third-order valence-corrected chi connectivity index (χ3v) is 11.1. The highest BCUT2D eigenvalue weighted by Gasteiger charge is 2.61. The lowest BCUT2D eigenvalue weighted by Gasteiger charge is -2.40. The highest BCUT2D eigenvalue weighted by molar-refractivity contribution is 7.89. The minimum atomic E-state index is -3.68. The average molecular weight is 453 g/mol. The Morgan fingerprint density at radius 3 is 2.60 bits per heavy atom. The van der Waals surface area contributed by atoms with Crippen molar-refractivity contribution in [1.29, 1.82) is 0 Å². The van der Waals surface area contributed by atoms with E-state index in [2.05, 4.69) is 26.1 Å². The summed E-state index contributed by atoms with van der Waals surface area (Å²) in [5, 5.41) is 3.77. The molecule has 5 nitrogen and oxygen atoms in total. The number of piperidine rings is 1. The fraction of sp³-hybridized carbons (Fsp3) is 0.696. The number of carbonyl (C=O) groups excluding carboxylic acids is 1. The summed E-state index contributed by atoms with van der Waals surface area (Å²) in [5.41, 5.74) is 0.908. The molecule has 1 amide bonds. The van der Waals surface area contributed by atoms with E-state index in [-0.39, 0.29) is 40.1 Å². The van der Waals surface area contributed by atoms with Gasteiger partial charge >= 0.3 is 0 Å². The van der Waals surface area contributed by atoms with Crippen LogP contribution in [0.4, 0.5) is 0 Å². The Morgan fingerprint density at radius 2 is 1.97 bits per heavy atom. The molecule has 3 aliphatic rings. The summed E-state index contributed by atoms with van der Waals surface area (Å²) in [6, 6.07) is 5.13. The van der Waals surface area contributed by atoms with Gasteiger partial charge in [0.25, 0.3) is 0 Å². The maximum absolute atomic E-state index is 13.2. The van der Waals surface area contributed by atoms with Gasteiger partial charge in [0.05, 0.1) is 10.8 Å². The number of amides is 1. The molecule has 0 radical (unpaired) electrons. The van der Waals surface area contributed by atoms with Gasteiger partial charge in [-0.1, -0.05) is 38.4 Å². The van der Waals surface area contributed by atoms with Crippen LogP contribution in [0.3, 0.4) is 0 Å². The summed E-state index contributed by atoms with van der Waals surface area (Å²) in [6.07, 6.45) is 4.83. The Morgan fingerprint density at radius 1 is 1.23 bits per heavy atom. The second kappa shape index (κ2) is 7.49. The standard InChI is InChI=1S/C23H33ClN2O3S/c1-15-18(24)8-5-9-19(15)30(28,29)26-12-6-7-16(14-26)21(27)25-20-13-17-10-11-23(20,4)22(17,2)3/h5,8-9,16-17,20H,6-7,10-14H2,1-4H3,(H,25,27)/t16-,17-,20-,23+/m0/s1.